The topological polar surface area (TPSA) is 106 Å². The Hall–Kier alpha value is -2.53. The summed E-state index contributed by atoms with van der Waals surface area (Å²) in [6.07, 6.45) is 0. The van der Waals surface area contributed by atoms with Gasteiger partial charge in [-0.05, 0) is 42.8 Å². The van der Waals surface area contributed by atoms with Gasteiger partial charge < -0.3 is 4.74 Å². The van der Waals surface area contributed by atoms with Crippen LogP contribution in [0.4, 0.5) is 5.13 Å². The molecule has 0 saturated heterocycles. The lowest BCUT2D eigenvalue weighted by atomic mass is 10.2. The van der Waals surface area contributed by atoms with Crippen LogP contribution < -0.4 is 5.32 Å². The summed E-state index contributed by atoms with van der Waals surface area (Å²) < 4.78 is 32.8. The number of halogens is 1. The highest BCUT2D eigenvalue weighted by Gasteiger charge is 2.26. The summed E-state index contributed by atoms with van der Waals surface area (Å²) in [7, 11) is -3.87. The Morgan fingerprint density at radius 2 is 1.88 bits per heavy atom. The second-order valence-corrected chi connectivity index (χ2v) is 10.2. The lowest BCUT2D eigenvalue weighted by molar-refractivity contribution is -0.119. The number of benzene rings is 2. The number of esters is 1. The molecule has 0 aliphatic rings. The summed E-state index contributed by atoms with van der Waals surface area (Å²) in [4.78, 5) is 28.7. The van der Waals surface area contributed by atoms with Gasteiger partial charge in [0.1, 0.15) is 4.90 Å². The predicted octanol–water partition coefficient (Wildman–Crippen LogP) is 4.08. The van der Waals surface area contributed by atoms with Gasteiger partial charge in [-0.15, -0.1) is 0 Å². The molecule has 0 aliphatic heterocycles. The van der Waals surface area contributed by atoms with E-state index in [4.69, 9.17) is 16.3 Å². The SMILES string of the molecule is CCN(CC)S(=O)(=O)c1cc(C(=O)OCC(=O)Nc2nc3ccc(C)cc3s2)ccc1Cl. The van der Waals surface area contributed by atoms with Crippen molar-refractivity contribution in [3.8, 4) is 0 Å². The lowest BCUT2D eigenvalue weighted by Crippen LogP contribution is -2.31. The molecule has 32 heavy (non-hydrogen) atoms. The van der Waals surface area contributed by atoms with Crippen LogP contribution in [0.15, 0.2) is 41.3 Å². The van der Waals surface area contributed by atoms with Gasteiger partial charge in [-0.3, -0.25) is 10.1 Å². The van der Waals surface area contributed by atoms with Gasteiger partial charge in [-0.25, -0.2) is 18.2 Å². The summed E-state index contributed by atoms with van der Waals surface area (Å²) in [6.45, 7) is 5.35. The van der Waals surface area contributed by atoms with Crippen molar-refractivity contribution in [2.75, 3.05) is 25.0 Å². The van der Waals surface area contributed by atoms with E-state index in [2.05, 4.69) is 10.3 Å². The number of amides is 1. The largest absolute Gasteiger partial charge is 0.452 e. The zero-order valence-electron chi connectivity index (χ0n) is 17.7. The molecule has 3 aromatic rings. The average molecular weight is 496 g/mol. The maximum atomic E-state index is 12.8. The Morgan fingerprint density at radius 1 is 1.16 bits per heavy atom. The summed E-state index contributed by atoms with van der Waals surface area (Å²) in [5.74, 6) is -1.40. The van der Waals surface area contributed by atoms with Crippen LogP contribution >= 0.6 is 22.9 Å². The molecule has 0 atom stereocenters. The first-order valence-corrected chi connectivity index (χ1v) is 12.4. The number of carbonyl (C=O) groups is 2. The Bertz CT molecular complexity index is 1270. The van der Waals surface area contributed by atoms with Crippen molar-refractivity contribution in [3.05, 3.63) is 52.5 Å². The molecule has 1 amide bonds. The van der Waals surface area contributed by atoms with Crippen molar-refractivity contribution in [1.82, 2.24) is 9.29 Å². The minimum Gasteiger partial charge on any atom is -0.452 e. The lowest BCUT2D eigenvalue weighted by Gasteiger charge is -2.19. The van der Waals surface area contributed by atoms with Crippen LogP contribution in [0.2, 0.25) is 5.02 Å². The predicted molar refractivity (Wildman–Crippen MR) is 125 cm³/mol. The molecular formula is C21H22ClN3O5S2. The summed E-state index contributed by atoms with van der Waals surface area (Å²) >= 11 is 7.39. The van der Waals surface area contributed by atoms with Gasteiger partial charge in [-0.1, -0.05) is 42.9 Å². The number of hydrogen-bond acceptors (Lipinski definition) is 7. The van der Waals surface area contributed by atoms with Gasteiger partial charge >= 0.3 is 5.97 Å². The first-order valence-electron chi connectivity index (χ1n) is 9.79. The number of carbonyl (C=O) groups excluding carboxylic acids is 2. The second-order valence-electron chi connectivity index (χ2n) is 6.85. The Balaban J connectivity index is 1.68. The van der Waals surface area contributed by atoms with Crippen molar-refractivity contribution >= 4 is 60.2 Å². The van der Waals surface area contributed by atoms with Crippen LogP contribution in [0.25, 0.3) is 10.2 Å². The van der Waals surface area contributed by atoms with Crippen molar-refractivity contribution in [2.45, 2.75) is 25.7 Å². The third kappa shape index (κ3) is 5.26. The summed E-state index contributed by atoms with van der Waals surface area (Å²) in [5, 5.41) is 2.99. The highest BCUT2D eigenvalue weighted by Crippen LogP contribution is 2.27. The number of aryl methyl sites for hydroxylation is 1. The fourth-order valence-electron chi connectivity index (χ4n) is 2.99. The third-order valence-corrected chi connectivity index (χ3v) is 8.08. The zero-order chi connectivity index (χ0) is 23.5. The van der Waals surface area contributed by atoms with Gasteiger partial charge in [-0.2, -0.15) is 4.31 Å². The highest BCUT2D eigenvalue weighted by molar-refractivity contribution is 7.89. The smallest absolute Gasteiger partial charge is 0.338 e. The molecule has 170 valence electrons. The molecule has 0 fully saturated rings. The van der Waals surface area contributed by atoms with E-state index < -0.39 is 28.5 Å². The quantitative estimate of drug-likeness (QED) is 0.472. The molecule has 0 saturated carbocycles. The number of fused-ring (bicyclic) bond motifs is 1. The molecule has 1 aromatic heterocycles. The number of ether oxygens (including phenoxy) is 1. The maximum Gasteiger partial charge on any atom is 0.338 e. The highest BCUT2D eigenvalue weighted by atomic mass is 35.5. The molecule has 0 spiro atoms. The number of anilines is 1. The van der Waals surface area contributed by atoms with Crippen LogP contribution in [0.3, 0.4) is 0 Å². The number of nitrogens with zero attached hydrogens (tertiary/aromatic N) is 2. The Kier molecular flexibility index (Phi) is 7.50. The standard InChI is InChI=1S/C21H22ClN3O5S2/c1-4-25(5-2)32(28,29)18-11-14(7-8-15(18)22)20(27)30-12-19(26)24-21-23-16-9-6-13(3)10-17(16)31-21/h6-11H,4-5,12H2,1-3H3,(H,23,24,26). The fraction of sp³-hybridized carbons (Fsp3) is 0.286. The molecule has 0 unspecified atom stereocenters. The molecule has 8 nitrogen and oxygen atoms in total. The Labute approximate surface area is 195 Å². The molecule has 1 heterocycles. The summed E-state index contributed by atoms with van der Waals surface area (Å²) in [5.41, 5.74) is 1.82. The van der Waals surface area contributed by atoms with E-state index in [1.165, 1.54) is 27.8 Å². The van der Waals surface area contributed by atoms with Gasteiger partial charge in [0.15, 0.2) is 11.7 Å². The van der Waals surface area contributed by atoms with Gasteiger partial charge in [0.05, 0.1) is 20.8 Å². The minimum absolute atomic E-state index is 0.00253. The third-order valence-electron chi connectivity index (χ3n) is 4.61. The van der Waals surface area contributed by atoms with E-state index >= 15 is 0 Å². The second kappa shape index (κ2) is 9.95. The molecule has 1 N–H and O–H groups in total. The number of thiazole rings is 1. The van der Waals surface area contributed by atoms with E-state index in [0.717, 1.165) is 21.8 Å². The van der Waals surface area contributed by atoms with Crippen LogP contribution in [0.1, 0.15) is 29.8 Å². The van der Waals surface area contributed by atoms with E-state index in [-0.39, 0.29) is 28.6 Å². The molecule has 0 bridgehead atoms. The van der Waals surface area contributed by atoms with Crippen molar-refractivity contribution in [3.63, 3.8) is 0 Å². The number of nitrogens with one attached hydrogen (secondary N) is 1. The van der Waals surface area contributed by atoms with E-state index in [1.54, 1.807) is 13.8 Å². The number of sulfonamides is 1. The fourth-order valence-corrected chi connectivity index (χ4v) is 5.92. The molecule has 11 heteroatoms. The number of hydrogen-bond donors (Lipinski definition) is 1. The zero-order valence-corrected chi connectivity index (χ0v) is 20.1. The Morgan fingerprint density at radius 3 is 2.56 bits per heavy atom. The average Bonchev–Trinajstić information content (AvgIpc) is 3.14. The number of aromatic nitrogens is 1. The van der Waals surface area contributed by atoms with E-state index in [1.807, 2.05) is 25.1 Å². The van der Waals surface area contributed by atoms with Crippen molar-refractivity contribution in [2.24, 2.45) is 0 Å². The van der Waals surface area contributed by atoms with Crippen molar-refractivity contribution < 1.29 is 22.7 Å². The molecule has 3 rings (SSSR count). The van der Waals surface area contributed by atoms with Crippen LogP contribution in [0.5, 0.6) is 0 Å². The van der Waals surface area contributed by atoms with E-state index in [9.17, 15) is 18.0 Å². The molecule has 2 aromatic carbocycles. The van der Waals surface area contributed by atoms with Gasteiger partial charge in [0, 0.05) is 13.1 Å². The maximum absolute atomic E-state index is 12.8. The van der Waals surface area contributed by atoms with Gasteiger partial charge in [0.2, 0.25) is 10.0 Å². The first-order chi connectivity index (χ1) is 15.1. The molecular weight excluding hydrogens is 474 g/mol. The van der Waals surface area contributed by atoms with Gasteiger partial charge in [0.25, 0.3) is 5.91 Å². The number of rotatable bonds is 8. The normalized spacial score (nSPS) is 11.7. The minimum atomic E-state index is -3.87. The summed E-state index contributed by atoms with van der Waals surface area (Å²) in [6, 6.07) is 9.58. The van der Waals surface area contributed by atoms with Crippen LogP contribution in [-0.4, -0.2) is 49.3 Å². The van der Waals surface area contributed by atoms with E-state index in [0.29, 0.717) is 5.13 Å². The molecule has 0 radical (unpaired) electrons. The van der Waals surface area contributed by atoms with Crippen molar-refractivity contribution in [1.29, 1.82) is 0 Å². The monoisotopic (exact) mass is 495 g/mol. The molecule has 0 aliphatic carbocycles. The van der Waals surface area contributed by atoms with Crippen LogP contribution in [-0.2, 0) is 19.6 Å². The van der Waals surface area contributed by atoms with Crippen LogP contribution in [0, 0.1) is 6.92 Å². The first kappa shape index (κ1) is 24.1.